The van der Waals surface area contributed by atoms with Gasteiger partial charge in [0.15, 0.2) is 5.82 Å². The maximum Gasteiger partial charge on any atom is 0.244 e. The van der Waals surface area contributed by atoms with Crippen LogP contribution in [0.15, 0.2) is 23.1 Å². The molecule has 5 aliphatic rings. The van der Waals surface area contributed by atoms with E-state index in [0.717, 1.165) is 51.4 Å². The van der Waals surface area contributed by atoms with Crippen molar-refractivity contribution in [3.05, 3.63) is 29.0 Å². The van der Waals surface area contributed by atoms with E-state index >= 15 is 0 Å². The van der Waals surface area contributed by atoms with Gasteiger partial charge in [-0.3, -0.25) is 4.79 Å². The van der Waals surface area contributed by atoms with Crippen LogP contribution in [-0.4, -0.2) is 49.4 Å². The van der Waals surface area contributed by atoms with Crippen molar-refractivity contribution in [2.75, 3.05) is 13.1 Å². The monoisotopic (exact) mass is 506 g/mol. The van der Waals surface area contributed by atoms with E-state index in [0.29, 0.717) is 18.4 Å². The second-order valence-electron chi connectivity index (χ2n) is 11.2. The number of rotatable bonds is 6. The van der Waals surface area contributed by atoms with Crippen LogP contribution < -0.4 is 10.0 Å². The van der Waals surface area contributed by atoms with Crippen molar-refractivity contribution < 1.29 is 17.6 Å². The highest BCUT2D eigenvalue weighted by Crippen LogP contribution is 2.78. The number of amides is 1. The van der Waals surface area contributed by atoms with E-state index in [9.17, 15) is 22.9 Å². The van der Waals surface area contributed by atoms with E-state index in [4.69, 9.17) is 11.6 Å². The molecule has 1 aliphatic heterocycles. The van der Waals surface area contributed by atoms with Crippen LogP contribution in [0.5, 0.6) is 0 Å². The SMILES string of the molecule is N#CC1CCCN1C(=O)CNC12CC3CC4(NS(=O)(=O)c5cccc(Cl)c5F)CC(C1)C4(C3)C2. The Labute approximate surface area is 204 Å². The van der Waals surface area contributed by atoms with Crippen LogP contribution in [0.1, 0.15) is 51.4 Å². The minimum Gasteiger partial charge on any atom is -0.326 e. The predicted octanol–water partition coefficient (Wildman–Crippen LogP) is 2.95. The van der Waals surface area contributed by atoms with E-state index in [1.54, 1.807) is 4.90 Å². The van der Waals surface area contributed by atoms with Crippen LogP contribution in [0, 0.1) is 34.4 Å². The molecule has 3 bridgehead atoms. The molecular weight excluding hydrogens is 479 g/mol. The van der Waals surface area contributed by atoms with E-state index in [1.165, 1.54) is 18.2 Å². The van der Waals surface area contributed by atoms with Crippen LogP contribution in [0.4, 0.5) is 4.39 Å². The molecule has 0 aromatic heterocycles. The molecular formula is C24H28ClFN4O3S. The van der Waals surface area contributed by atoms with Crippen LogP contribution in [0.25, 0.3) is 0 Å². The van der Waals surface area contributed by atoms with E-state index in [1.807, 2.05) is 0 Å². The largest absolute Gasteiger partial charge is 0.326 e. The Morgan fingerprint density at radius 3 is 2.88 bits per heavy atom. The fourth-order valence-corrected chi connectivity index (χ4v) is 10.2. The first-order valence-electron chi connectivity index (χ1n) is 12.0. The van der Waals surface area contributed by atoms with Crippen LogP contribution in [-0.2, 0) is 14.8 Å². The molecule has 1 amide bonds. The van der Waals surface area contributed by atoms with Gasteiger partial charge in [0, 0.05) is 17.6 Å². The van der Waals surface area contributed by atoms with Gasteiger partial charge in [0.05, 0.1) is 17.6 Å². The summed E-state index contributed by atoms with van der Waals surface area (Å²) >= 11 is 5.85. The summed E-state index contributed by atoms with van der Waals surface area (Å²) in [5.41, 5.74) is -0.909. The van der Waals surface area contributed by atoms with Crippen LogP contribution in [0.3, 0.4) is 0 Å². The number of likely N-dealkylation sites (tertiary alicyclic amines) is 1. The molecule has 1 aromatic carbocycles. The Hall–Kier alpha value is -1.73. The minimum atomic E-state index is -4.07. The fourth-order valence-electron chi connectivity index (χ4n) is 8.42. The normalized spacial score (nSPS) is 39.7. The molecule has 6 unspecified atom stereocenters. The van der Waals surface area contributed by atoms with Gasteiger partial charge < -0.3 is 10.2 Å². The number of carbonyl (C=O) groups excluding carboxylic acids is 1. The molecule has 1 aromatic rings. The predicted molar refractivity (Wildman–Crippen MR) is 123 cm³/mol. The molecule has 2 N–H and O–H groups in total. The molecule has 6 atom stereocenters. The first-order valence-corrected chi connectivity index (χ1v) is 13.9. The Morgan fingerprint density at radius 2 is 2.09 bits per heavy atom. The number of carbonyl (C=O) groups is 1. The topological polar surface area (TPSA) is 102 Å². The second kappa shape index (κ2) is 7.39. The lowest BCUT2D eigenvalue weighted by Crippen LogP contribution is -2.67. The second-order valence-corrected chi connectivity index (χ2v) is 13.2. The summed E-state index contributed by atoms with van der Waals surface area (Å²) in [7, 11) is -4.07. The lowest BCUT2D eigenvalue weighted by atomic mass is 9.51. The maximum absolute atomic E-state index is 14.6. The van der Waals surface area contributed by atoms with Crippen molar-refractivity contribution in [2.45, 2.75) is 73.4 Å². The standard InChI is InChI=1S/C24H28ClFN4O3S/c25-18-4-1-5-19(21(18)26)34(32,33)29-24-9-15-7-22(10-16(11-24)23(24,8-15)14-22)28-13-20(31)30-6-2-3-17(30)12-27/h1,4-5,15-17,28-29H,2-3,6-11,13-14H2. The lowest BCUT2D eigenvalue weighted by molar-refractivity contribution is -0.130. The first-order chi connectivity index (χ1) is 16.1. The minimum absolute atomic E-state index is 0.0310. The summed E-state index contributed by atoms with van der Waals surface area (Å²) in [6, 6.07) is 5.94. The summed E-state index contributed by atoms with van der Waals surface area (Å²) in [6.07, 6.45) is 6.70. The number of nitriles is 1. The number of hydrogen-bond acceptors (Lipinski definition) is 5. The molecule has 4 saturated carbocycles. The van der Waals surface area contributed by atoms with E-state index in [-0.39, 0.29) is 34.5 Å². The molecule has 7 nitrogen and oxygen atoms in total. The molecule has 4 aliphatic carbocycles. The smallest absolute Gasteiger partial charge is 0.244 e. The Balaban J connectivity index is 1.21. The van der Waals surface area contributed by atoms with Gasteiger partial charge in [-0.05, 0) is 80.8 Å². The fraction of sp³-hybridized carbons (Fsp3) is 0.667. The molecule has 6 rings (SSSR count). The van der Waals surface area contributed by atoms with Crippen LogP contribution in [0.2, 0.25) is 5.02 Å². The zero-order valence-corrected chi connectivity index (χ0v) is 20.4. The molecule has 5 fully saturated rings. The quantitative estimate of drug-likeness (QED) is 0.617. The van der Waals surface area contributed by atoms with Gasteiger partial charge in [-0.1, -0.05) is 17.7 Å². The first kappa shape index (κ1) is 22.7. The molecule has 1 heterocycles. The van der Waals surface area contributed by atoms with E-state index < -0.39 is 26.3 Å². The third-order valence-corrected chi connectivity index (χ3v) is 11.3. The number of halogens is 2. The molecule has 34 heavy (non-hydrogen) atoms. The lowest BCUT2D eigenvalue weighted by Gasteiger charge is -2.58. The number of sulfonamides is 1. The zero-order chi connectivity index (χ0) is 23.9. The average Bonchev–Trinajstić information content (AvgIpc) is 3.38. The highest BCUT2D eigenvalue weighted by molar-refractivity contribution is 7.89. The highest BCUT2D eigenvalue weighted by atomic mass is 35.5. The van der Waals surface area contributed by atoms with Crippen LogP contribution >= 0.6 is 11.6 Å². The van der Waals surface area contributed by atoms with Gasteiger partial charge in [-0.25, -0.2) is 17.5 Å². The molecule has 0 radical (unpaired) electrons. The van der Waals surface area contributed by atoms with Gasteiger partial charge in [0.1, 0.15) is 10.9 Å². The van der Waals surface area contributed by atoms with Crippen molar-refractivity contribution in [3.8, 4) is 6.07 Å². The zero-order valence-electron chi connectivity index (χ0n) is 18.8. The summed E-state index contributed by atoms with van der Waals surface area (Å²) in [6.45, 7) is 0.839. The molecule has 10 heteroatoms. The number of fused-ring (bicyclic) bond motifs is 2. The van der Waals surface area contributed by atoms with Crippen molar-refractivity contribution in [2.24, 2.45) is 17.3 Å². The number of nitrogens with zero attached hydrogens (tertiary/aromatic N) is 2. The van der Waals surface area contributed by atoms with Crippen molar-refractivity contribution in [3.63, 3.8) is 0 Å². The molecule has 1 saturated heterocycles. The van der Waals surface area contributed by atoms with Gasteiger partial charge >= 0.3 is 0 Å². The van der Waals surface area contributed by atoms with Gasteiger partial charge in [-0.2, -0.15) is 5.26 Å². The van der Waals surface area contributed by atoms with Crippen molar-refractivity contribution in [1.29, 1.82) is 5.26 Å². The Kier molecular flexibility index (Phi) is 4.94. The number of benzene rings is 1. The van der Waals surface area contributed by atoms with Crippen molar-refractivity contribution >= 4 is 27.5 Å². The molecule has 1 spiro atoms. The number of hydrogen-bond donors (Lipinski definition) is 2. The van der Waals surface area contributed by atoms with Gasteiger partial charge in [0.25, 0.3) is 0 Å². The summed E-state index contributed by atoms with van der Waals surface area (Å²) in [4.78, 5) is 14.1. The highest BCUT2D eigenvalue weighted by Gasteiger charge is 2.78. The third-order valence-electron chi connectivity index (χ3n) is 9.46. The van der Waals surface area contributed by atoms with E-state index in [2.05, 4.69) is 16.1 Å². The van der Waals surface area contributed by atoms with Crippen molar-refractivity contribution in [1.82, 2.24) is 14.9 Å². The van der Waals surface area contributed by atoms with Gasteiger partial charge in [-0.15, -0.1) is 0 Å². The Bertz CT molecular complexity index is 1220. The Morgan fingerprint density at radius 1 is 1.26 bits per heavy atom. The summed E-state index contributed by atoms with van der Waals surface area (Å²) < 4.78 is 44.0. The third kappa shape index (κ3) is 3.05. The van der Waals surface area contributed by atoms with Gasteiger partial charge in [0.2, 0.25) is 15.9 Å². The maximum atomic E-state index is 14.6. The average molecular weight is 507 g/mol. The summed E-state index contributed by atoms with van der Waals surface area (Å²) in [5, 5.41) is 12.7. The summed E-state index contributed by atoms with van der Waals surface area (Å²) in [5.74, 6) is -0.208. The molecule has 182 valence electrons. The number of nitrogens with one attached hydrogen (secondary N) is 2.